The van der Waals surface area contributed by atoms with Crippen LogP contribution in [-0.4, -0.2) is 58.5 Å². The van der Waals surface area contributed by atoms with Crippen LogP contribution in [0.3, 0.4) is 0 Å². The highest BCUT2D eigenvalue weighted by molar-refractivity contribution is 6.06. The van der Waals surface area contributed by atoms with Crippen molar-refractivity contribution in [1.82, 2.24) is 20.4 Å². The van der Waals surface area contributed by atoms with Gasteiger partial charge in [-0.2, -0.15) is 5.10 Å². The van der Waals surface area contributed by atoms with Crippen molar-refractivity contribution in [2.24, 2.45) is 11.3 Å². The lowest BCUT2D eigenvalue weighted by molar-refractivity contribution is -0.138. The second kappa shape index (κ2) is 9.47. The Bertz CT molecular complexity index is 956. The number of carboxylic acids is 1. The van der Waals surface area contributed by atoms with E-state index in [0.29, 0.717) is 17.8 Å². The molecule has 1 saturated heterocycles. The van der Waals surface area contributed by atoms with Crippen molar-refractivity contribution in [2.75, 3.05) is 19.8 Å². The number of para-hydroxylation sites is 1. The van der Waals surface area contributed by atoms with Crippen LogP contribution in [0, 0.1) is 11.3 Å². The molecule has 1 atom stereocenters. The van der Waals surface area contributed by atoms with Gasteiger partial charge in [0.25, 0.3) is 5.91 Å². The third kappa shape index (κ3) is 5.61. The number of hydrogen-bond acceptors (Lipinski definition) is 5. The molecule has 0 bridgehead atoms. The summed E-state index contributed by atoms with van der Waals surface area (Å²) in [5, 5.41) is 19.3. The Morgan fingerprint density at radius 2 is 1.90 bits per heavy atom. The largest absolute Gasteiger partial charge is 0.480 e. The number of fused-ring (bicyclic) bond motifs is 1. The van der Waals surface area contributed by atoms with Gasteiger partial charge in [-0.3, -0.25) is 19.1 Å². The highest BCUT2D eigenvalue weighted by atomic mass is 16.5. The van der Waals surface area contributed by atoms with Crippen LogP contribution < -0.4 is 10.6 Å². The molecule has 9 nitrogen and oxygen atoms in total. The molecule has 0 unspecified atom stereocenters. The van der Waals surface area contributed by atoms with Crippen LogP contribution in [0.4, 0.5) is 0 Å². The van der Waals surface area contributed by atoms with E-state index in [1.165, 1.54) is 0 Å². The number of carbonyl (C=O) groups is 3. The first-order chi connectivity index (χ1) is 14.7. The maximum Gasteiger partial charge on any atom is 0.322 e. The number of benzene rings is 1. The summed E-state index contributed by atoms with van der Waals surface area (Å²) in [5.74, 6) is -1.73. The number of nitrogens with one attached hydrogen (secondary N) is 2. The van der Waals surface area contributed by atoms with Crippen molar-refractivity contribution in [2.45, 2.75) is 46.2 Å². The van der Waals surface area contributed by atoms with E-state index in [1.54, 1.807) is 20.8 Å². The van der Waals surface area contributed by atoms with Crippen molar-refractivity contribution < 1.29 is 24.2 Å². The Balaban J connectivity index is 1.84. The van der Waals surface area contributed by atoms with Gasteiger partial charge < -0.3 is 20.5 Å². The summed E-state index contributed by atoms with van der Waals surface area (Å²) in [6, 6.07) is 6.61. The van der Waals surface area contributed by atoms with Crippen LogP contribution in [-0.2, 0) is 20.9 Å². The zero-order valence-corrected chi connectivity index (χ0v) is 18.2. The zero-order valence-electron chi connectivity index (χ0n) is 18.2. The Morgan fingerprint density at radius 3 is 2.55 bits per heavy atom. The molecular weight excluding hydrogens is 400 g/mol. The predicted octanol–water partition coefficient (Wildman–Crippen LogP) is 1.81. The summed E-state index contributed by atoms with van der Waals surface area (Å²) in [5.41, 5.74) is 0.489. The van der Waals surface area contributed by atoms with Gasteiger partial charge in [-0.25, -0.2) is 0 Å². The van der Waals surface area contributed by atoms with E-state index >= 15 is 0 Å². The Hall–Kier alpha value is -2.94. The van der Waals surface area contributed by atoms with Gasteiger partial charge in [0.1, 0.15) is 12.6 Å². The molecular formula is C22H30N4O5. The Morgan fingerprint density at radius 1 is 1.23 bits per heavy atom. The van der Waals surface area contributed by atoms with Gasteiger partial charge >= 0.3 is 5.97 Å². The quantitative estimate of drug-likeness (QED) is 0.616. The maximum atomic E-state index is 13.2. The fourth-order valence-corrected chi connectivity index (χ4v) is 3.75. The van der Waals surface area contributed by atoms with Crippen molar-refractivity contribution in [3.05, 3.63) is 30.0 Å². The molecule has 1 fully saturated rings. The summed E-state index contributed by atoms with van der Waals surface area (Å²) in [6.45, 7) is 7.06. The molecule has 0 spiro atoms. The minimum Gasteiger partial charge on any atom is -0.480 e. The third-order valence-electron chi connectivity index (χ3n) is 5.46. The SMILES string of the molecule is CC(C)(C)[C@H](NC(=O)c1nn(CC2CCOCC2)c2ccccc12)C(=O)NCC(=O)O. The molecule has 1 aliphatic heterocycles. The average Bonchev–Trinajstić information content (AvgIpc) is 3.08. The fourth-order valence-electron chi connectivity index (χ4n) is 3.75. The normalized spacial score (nSPS) is 16.1. The highest BCUT2D eigenvalue weighted by Crippen LogP contribution is 2.24. The fraction of sp³-hybridized carbons (Fsp3) is 0.545. The molecule has 1 aromatic heterocycles. The Kier molecular flexibility index (Phi) is 6.94. The van der Waals surface area contributed by atoms with E-state index in [0.717, 1.165) is 31.6 Å². The summed E-state index contributed by atoms with van der Waals surface area (Å²) >= 11 is 0. The number of aliphatic carboxylic acids is 1. The second-order valence-electron chi connectivity index (χ2n) is 8.99. The summed E-state index contributed by atoms with van der Waals surface area (Å²) in [7, 11) is 0. The number of amides is 2. The Labute approximate surface area is 181 Å². The van der Waals surface area contributed by atoms with Crippen molar-refractivity contribution in [3.8, 4) is 0 Å². The van der Waals surface area contributed by atoms with E-state index in [2.05, 4.69) is 15.7 Å². The first-order valence-electron chi connectivity index (χ1n) is 10.5. The summed E-state index contributed by atoms with van der Waals surface area (Å²) < 4.78 is 7.29. The molecule has 2 amide bonds. The first-order valence-corrected chi connectivity index (χ1v) is 10.5. The number of aromatic nitrogens is 2. The number of carbonyl (C=O) groups excluding carboxylic acids is 2. The number of nitrogens with zero attached hydrogens (tertiary/aromatic N) is 2. The van der Waals surface area contributed by atoms with Crippen LogP contribution in [0.15, 0.2) is 24.3 Å². The van der Waals surface area contributed by atoms with E-state index in [1.807, 2.05) is 28.9 Å². The van der Waals surface area contributed by atoms with Gasteiger partial charge in [-0.15, -0.1) is 0 Å². The maximum absolute atomic E-state index is 13.2. The van der Waals surface area contributed by atoms with Gasteiger partial charge in [0, 0.05) is 25.1 Å². The lowest BCUT2D eigenvalue weighted by Crippen LogP contribution is -2.54. The van der Waals surface area contributed by atoms with Crippen molar-refractivity contribution in [1.29, 1.82) is 0 Å². The molecule has 0 aliphatic carbocycles. The molecule has 2 heterocycles. The van der Waals surface area contributed by atoms with Gasteiger partial charge in [-0.1, -0.05) is 39.0 Å². The predicted molar refractivity (Wildman–Crippen MR) is 115 cm³/mol. The number of ether oxygens (including phenoxy) is 1. The topological polar surface area (TPSA) is 123 Å². The third-order valence-corrected chi connectivity index (χ3v) is 5.46. The number of carboxylic acid groups (broad SMARTS) is 1. The van der Waals surface area contributed by atoms with Crippen LogP contribution in [0.25, 0.3) is 10.9 Å². The lowest BCUT2D eigenvalue weighted by atomic mass is 9.86. The van der Waals surface area contributed by atoms with Gasteiger partial charge in [0.2, 0.25) is 5.91 Å². The first kappa shape index (κ1) is 22.7. The molecule has 3 N–H and O–H groups in total. The smallest absolute Gasteiger partial charge is 0.322 e. The van der Waals surface area contributed by atoms with Crippen LogP contribution >= 0.6 is 0 Å². The van der Waals surface area contributed by atoms with Crippen molar-refractivity contribution >= 4 is 28.7 Å². The minimum atomic E-state index is -1.15. The molecule has 0 radical (unpaired) electrons. The van der Waals surface area contributed by atoms with E-state index in [9.17, 15) is 14.4 Å². The summed E-state index contributed by atoms with van der Waals surface area (Å²) in [6.07, 6.45) is 1.90. The van der Waals surface area contributed by atoms with Gasteiger partial charge in [-0.05, 0) is 30.2 Å². The molecule has 168 valence electrons. The second-order valence-corrected chi connectivity index (χ2v) is 8.99. The molecule has 0 saturated carbocycles. The van der Waals surface area contributed by atoms with E-state index in [-0.39, 0.29) is 5.69 Å². The van der Waals surface area contributed by atoms with Gasteiger partial charge in [0.15, 0.2) is 5.69 Å². The van der Waals surface area contributed by atoms with Crippen LogP contribution in [0.2, 0.25) is 0 Å². The van der Waals surface area contributed by atoms with Crippen LogP contribution in [0.1, 0.15) is 44.1 Å². The summed E-state index contributed by atoms with van der Waals surface area (Å²) in [4.78, 5) is 36.5. The monoisotopic (exact) mass is 430 g/mol. The minimum absolute atomic E-state index is 0.253. The highest BCUT2D eigenvalue weighted by Gasteiger charge is 2.34. The molecule has 31 heavy (non-hydrogen) atoms. The standard InChI is InChI=1S/C22H30N4O5/c1-22(2,3)19(21(30)23-12-17(27)28)24-20(29)18-15-6-4-5-7-16(15)26(25-18)13-14-8-10-31-11-9-14/h4-7,14,19H,8-13H2,1-3H3,(H,23,30)(H,24,29)(H,27,28)/t19-/m1/s1. The molecule has 9 heteroatoms. The molecule has 1 aliphatic rings. The van der Waals surface area contributed by atoms with Crippen molar-refractivity contribution in [3.63, 3.8) is 0 Å². The van der Waals surface area contributed by atoms with Gasteiger partial charge in [0.05, 0.1) is 5.52 Å². The molecule has 2 aromatic rings. The number of rotatable bonds is 7. The molecule has 3 rings (SSSR count). The number of hydrogen-bond donors (Lipinski definition) is 3. The lowest BCUT2D eigenvalue weighted by Gasteiger charge is -2.30. The van der Waals surface area contributed by atoms with Crippen LogP contribution in [0.5, 0.6) is 0 Å². The zero-order chi connectivity index (χ0) is 22.6. The van der Waals surface area contributed by atoms with E-state index < -0.39 is 35.8 Å². The van der Waals surface area contributed by atoms with E-state index in [4.69, 9.17) is 9.84 Å². The average molecular weight is 431 g/mol. The molecule has 1 aromatic carbocycles.